The zero-order valence-corrected chi connectivity index (χ0v) is 18.0. The van der Waals surface area contributed by atoms with E-state index in [9.17, 15) is 9.59 Å². The summed E-state index contributed by atoms with van der Waals surface area (Å²) in [6.45, 7) is 1.36. The Bertz CT molecular complexity index is 1320. The van der Waals surface area contributed by atoms with E-state index in [2.05, 4.69) is 36.9 Å². The van der Waals surface area contributed by atoms with Gasteiger partial charge in [0.2, 0.25) is 5.91 Å². The summed E-state index contributed by atoms with van der Waals surface area (Å²) in [6.07, 6.45) is 2.51. The monoisotopic (exact) mass is 464 g/mol. The largest absolute Gasteiger partial charge is 0.357 e. The van der Waals surface area contributed by atoms with Gasteiger partial charge in [-0.25, -0.2) is 4.98 Å². The van der Waals surface area contributed by atoms with E-state index in [0.717, 1.165) is 23.0 Å². The average Bonchev–Trinajstić information content (AvgIpc) is 3.13. The number of aromatic amines is 2. The summed E-state index contributed by atoms with van der Waals surface area (Å²) in [5.41, 5.74) is 4.10. The van der Waals surface area contributed by atoms with Crippen LogP contribution in [0.2, 0.25) is 0 Å². The number of hydrogen-bond acceptors (Lipinski definition) is 3. The number of aromatic nitrogens is 3. The van der Waals surface area contributed by atoms with Gasteiger partial charge in [-0.15, -0.1) is 0 Å². The first-order chi connectivity index (χ1) is 14.6. The van der Waals surface area contributed by atoms with Crippen molar-refractivity contribution in [3.63, 3.8) is 0 Å². The maximum absolute atomic E-state index is 12.8. The average molecular weight is 465 g/mol. The van der Waals surface area contributed by atoms with Crippen LogP contribution in [-0.4, -0.2) is 32.3 Å². The number of H-pyrrole nitrogens is 2. The van der Waals surface area contributed by atoms with Crippen molar-refractivity contribution in [1.82, 2.24) is 19.9 Å². The molecule has 0 atom stereocenters. The van der Waals surface area contributed by atoms with Gasteiger partial charge in [0.1, 0.15) is 5.82 Å². The predicted molar refractivity (Wildman–Crippen MR) is 120 cm³/mol. The lowest BCUT2D eigenvalue weighted by Gasteiger charge is -2.27. The predicted octanol–water partition coefficient (Wildman–Crippen LogP) is 4.07. The number of halogens is 1. The van der Waals surface area contributed by atoms with Crippen LogP contribution in [0.3, 0.4) is 0 Å². The fraction of sp³-hybridized carbons (Fsp3) is 0.261. The Morgan fingerprint density at radius 2 is 1.93 bits per heavy atom. The molecule has 4 aromatic rings. The Morgan fingerprint density at radius 1 is 1.10 bits per heavy atom. The maximum Gasteiger partial charge on any atom is 0.258 e. The lowest BCUT2D eigenvalue weighted by Crippen LogP contribution is -2.35. The second-order valence-electron chi connectivity index (χ2n) is 7.69. The molecule has 0 saturated heterocycles. The summed E-state index contributed by atoms with van der Waals surface area (Å²) in [6, 6.07) is 13.5. The highest BCUT2D eigenvalue weighted by Crippen LogP contribution is 2.32. The van der Waals surface area contributed by atoms with Crippen molar-refractivity contribution in [3.8, 4) is 0 Å². The van der Waals surface area contributed by atoms with Gasteiger partial charge in [-0.3, -0.25) is 9.59 Å². The van der Waals surface area contributed by atoms with Crippen LogP contribution in [0.4, 0.5) is 0 Å². The number of hydrogen-bond donors (Lipinski definition) is 2. The minimum Gasteiger partial charge on any atom is -0.357 e. The molecule has 2 aromatic carbocycles. The highest BCUT2D eigenvalue weighted by Gasteiger charge is 2.24. The number of nitrogens with zero attached hydrogens (tertiary/aromatic N) is 2. The third-order valence-corrected chi connectivity index (χ3v) is 6.44. The van der Waals surface area contributed by atoms with Crippen molar-refractivity contribution >= 4 is 43.6 Å². The molecule has 0 spiro atoms. The van der Waals surface area contributed by atoms with Gasteiger partial charge in [0.15, 0.2) is 0 Å². The van der Waals surface area contributed by atoms with E-state index < -0.39 is 0 Å². The van der Waals surface area contributed by atoms with E-state index in [1.807, 2.05) is 35.2 Å². The molecule has 0 unspecified atom stereocenters. The van der Waals surface area contributed by atoms with Gasteiger partial charge in [0.25, 0.3) is 5.56 Å². The minimum absolute atomic E-state index is 0.129. The molecule has 2 aromatic heterocycles. The van der Waals surface area contributed by atoms with Crippen LogP contribution in [0.25, 0.3) is 21.8 Å². The molecule has 0 radical (unpaired) electrons. The van der Waals surface area contributed by atoms with E-state index in [4.69, 9.17) is 0 Å². The van der Waals surface area contributed by atoms with Crippen LogP contribution in [-0.2, 0) is 24.2 Å². The first-order valence-electron chi connectivity index (χ1n) is 10.1. The van der Waals surface area contributed by atoms with Gasteiger partial charge >= 0.3 is 0 Å². The first-order valence-corrected chi connectivity index (χ1v) is 10.9. The molecule has 7 heteroatoms. The quantitative estimate of drug-likeness (QED) is 0.477. The summed E-state index contributed by atoms with van der Waals surface area (Å²) in [5.74, 6) is 0.780. The van der Waals surface area contributed by atoms with Crippen molar-refractivity contribution in [2.24, 2.45) is 0 Å². The zero-order chi connectivity index (χ0) is 20.7. The molecule has 5 rings (SSSR count). The van der Waals surface area contributed by atoms with E-state index in [1.165, 1.54) is 16.6 Å². The molecule has 30 heavy (non-hydrogen) atoms. The highest BCUT2D eigenvalue weighted by molar-refractivity contribution is 9.10. The van der Waals surface area contributed by atoms with Crippen LogP contribution in [0.5, 0.6) is 0 Å². The first kappa shape index (κ1) is 19.1. The van der Waals surface area contributed by atoms with Crippen molar-refractivity contribution in [2.75, 3.05) is 6.54 Å². The number of rotatable bonds is 4. The van der Waals surface area contributed by atoms with E-state index in [0.29, 0.717) is 42.5 Å². The maximum atomic E-state index is 12.8. The van der Waals surface area contributed by atoms with Gasteiger partial charge in [-0.2, -0.15) is 0 Å². The zero-order valence-electron chi connectivity index (χ0n) is 16.4. The Kier molecular flexibility index (Phi) is 4.90. The molecule has 1 aliphatic heterocycles. The molecule has 6 nitrogen and oxygen atoms in total. The summed E-state index contributed by atoms with van der Waals surface area (Å²) < 4.78 is 1.05. The van der Waals surface area contributed by atoms with Crippen molar-refractivity contribution < 1.29 is 4.79 Å². The lowest BCUT2D eigenvalue weighted by atomic mass is 10.0. The number of para-hydroxylation sites is 2. The molecule has 3 heterocycles. The molecule has 2 N–H and O–H groups in total. The van der Waals surface area contributed by atoms with E-state index in [1.54, 1.807) is 6.07 Å². The summed E-state index contributed by atoms with van der Waals surface area (Å²) in [5, 5.41) is 1.77. The van der Waals surface area contributed by atoms with E-state index in [-0.39, 0.29) is 11.5 Å². The van der Waals surface area contributed by atoms with Crippen LogP contribution in [0.15, 0.2) is 51.7 Å². The van der Waals surface area contributed by atoms with Gasteiger partial charge < -0.3 is 14.9 Å². The molecular weight excluding hydrogens is 444 g/mol. The third-order valence-electron chi connectivity index (χ3n) is 5.78. The molecule has 0 fully saturated rings. The minimum atomic E-state index is -0.129. The van der Waals surface area contributed by atoms with Crippen LogP contribution in [0, 0.1) is 0 Å². The molecule has 1 amide bonds. The summed E-state index contributed by atoms with van der Waals surface area (Å²) >= 11 is 3.60. The second-order valence-corrected chi connectivity index (χ2v) is 8.55. The number of nitrogens with one attached hydrogen (secondary N) is 2. The van der Waals surface area contributed by atoms with Crippen molar-refractivity contribution in [1.29, 1.82) is 0 Å². The second kappa shape index (κ2) is 7.72. The van der Waals surface area contributed by atoms with Crippen molar-refractivity contribution in [3.05, 3.63) is 74.4 Å². The van der Waals surface area contributed by atoms with Gasteiger partial charge in [0, 0.05) is 53.5 Å². The smallest absolute Gasteiger partial charge is 0.258 e. The molecule has 152 valence electrons. The van der Waals surface area contributed by atoms with Crippen molar-refractivity contribution in [2.45, 2.75) is 32.2 Å². The molecule has 1 aliphatic rings. The lowest BCUT2D eigenvalue weighted by molar-refractivity contribution is -0.132. The highest BCUT2D eigenvalue weighted by atomic mass is 79.9. The normalized spacial score (nSPS) is 13.7. The van der Waals surface area contributed by atoms with Gasteiger partial charge in [-0.05, 0) is 40.5 Å². The van der Waals surface area contributed by atoms with Gasteiger partial charge in [0.05, 0.1) is 16.4 Å². The Labute approximate surface area is 181 Å². The number of amides is 1. The SMILES string of the molecule is O=C(CCCc1nc2ccccc2c(=O)[nH]1)N1CCc2[nH]c3c(Br)cccc3c2C1. The van der Waals surface area contributed by atoms with E-state index >= 15 is 0 Å². The number of aryl methyl sites for hydroxylation is 1. The van der Waals surface area contributed by atoms with Crippen LogP contribution in [0.1, 0.15) is 29.9 Å². The van der Waals surface area contributed by atoms with Crippen LogP contribution < -0.4 is 5.56 Å². The number of carbonyl (C=O) groups is 1. The van der Waals surface area contributed by atoms with Crippen LogP contribution >= 0.6 is 15.9 Å². The fourth-order valence-electron chi connectivity index (χ4n) is 4.23. The standard InChI is InChI=1S/C23H21BrN4O2/c24-17-7-3-6-14-16-13-28(12-11-19(16)26-22(14)17)21(29)10-4-9-20-25-18-8-2-1-5-15(18)23(30)27-20/h1-3,5-8,26H,4,9-13H2,(H,25,27,30). The molecule has 0 bridgehead atoms. The number of benzene rings is 2. The molecule has 0 saturated carbocycles. The summed E-state index contributed by atoms with van der Waals surface area (Å²) in [7, 11) is 0. The molecule has 0 aliphatic carbocycles. The summed E-state index contributed by atoms with van der Waals surface area (Å²) in [4.78, 5) is 37.8. The Balaban J connectivity index is 1.25. The fourth-order valence-corrected chi connectivity index (χ4v) is 4.70. The Hall–Kier alpha value is -2.93. The molecular formula is C23H21BrN4O2. The third kappa shape index (κ3) is 3.43. The Morgan fingerprint density at radius 3 is 2.83 bits per heavy atom. The number of fused-ring (bicyclic) bond motifs is 4. The topological polar surface area (TPSA) is 81.8 Å². The van der Waals surface area contributed by atoms with Gasteiger partial charge in [-0.1, -0.05) is 24.3 Å². The number of carbonyl (C=O) groups excluding carboxylic acids is 1.